The van der Waals surface area contributed by atoms with Crippen LogP contribution in [0.5, 0.6) is 11.5 Å². The SMILES string of the molecule is CC(C)[n+]1ccn(-c2cccc(Oc3cccc(-n4cc[n+](C(C)C)c4)c3)c2)c1. The molecule has 148 valence electrons. The van der Waals surface area contributed by atoms with Crippen molar-refractivity contribution in [2.24, 2.45) is 0 Å². The molecule has 2 heterocycles. The molecule has 5 nitrogen and oxygen atoms in total. The molecular formula is C24H28N4O+2. The Morgan fingerprint density at radius 2 is 1.14 bits per heavy atom. The van der Waals surface area contributed by atoms with Gasteiger partial charge in [0.25, 0.3) is 0 Å². The first-order valence-electron chi connectivity index (χ1n) is 10.1. The average Bonchev–Trinajstić information content (AvgIpc) is 3.39. The minimum Gasteiger partial charge on any atom is -0.457 e. The summed E-state index contributed by atoms with van der Waals surface area (Å²) in [5, 5.41) is 0. The van der Waals surface area contributed by atoms with Gasteiger partial charge in [-0.2, -0.15) is 0 Å². The second kappa shape index (κ2) is 7.95. The molecule has 0 atom stereocenters. The van der Waals surface area contributed by atoms with Crippen molar-refractivity contribution in [2.45, 2.75) is 39.8 Å². The monoisotopic (exact) mass is 388 g/mol. The number of aromatic nitrogens is 4. The van der Waals surface area contributed by atoms with Crippen LogP contribution in [0.25, 0.3) is 11.4 Å². The largest absolute Gasteiger partial charge is 0.457 e. The number of nitrogens with zero attached hydrogens (tertiary/aromatic N) is 4. The molecule has 0 spiro atoms. The number of hydrogen-bond acceptors (Lipinski definition) is 1. The summed E-state index contributed by atoms with van der Waals surface area (Å²) in [6.45, 7) is 8.68. The highest BCUT2D eigenvalue weighted by atomic mass is 16.5. The summed E-state index contributed by atoms with van der Waals surface area (Å²) in [6, 6.07) is 17.1. The van der Waals surface area contributed by atoms with E-state index in [2.05, 4.69) is 108 Å². The Morgan fingerprint density at radius 3 is 1.52 bits per heavy atom. The first-order valence-corrected chi connectivity index (χ1v) is 10.1. The highest BCUT2D eigenvalue weighted by Crippen LogP contribution is 2.25. The molecule has 5 heteroatoms. The lowest BCUT2D eigenvalue weighted by Crippen LogP contribution is -2.33. The summed E-state index contributed by atoms with van der Waals surface area (Å²) in [7, 11) is 0. The third-order valence-electron chi connectivity index (χ3n) is 4.97. The van der Waals surface area contributed by atoms with Crippen molar-refractivity contribution in [3.05, 3.63) is 86.0 Å². The highest BCUT2D eigenvalue weighted by Gasteiger charge is 2.12. The Bertz CT molecular complexity index is 1020. The third kappa shape index (κ3) is 4.24. The fourth-order valence-corrected chi connectivity index (χ4v) is 3.21. The molecule has 0 unspecified atom stereocenters. The van der Waals surface area contributed by atoms with Gasteiger partial charge in [-0.05, 0) is 52.0 Å². The molecule has 0 saturated heterocycles. The van der Waals surface area contributed by atoms with Crippen LogP contribution < -0.4 is 13.9 Å². The van der Waals surface area contributed by atoms with E-state index in [4.69, 9.17) is 4.74 Å². The van der Waals surface area contributed by atoms with E-state index in [1.165, 1.54) is 0 Å². The number of hydrogen-bond donors (Lipinski definition) is 0. The van der Waals surface area contributed by atoms with Gasteiger partial charge in [-0.3, -0.25) is 0 Å². The van der Waals surface area contributed by atoms with Gasteiger partial charge in [-0.15, -0.1) is 0 Å². The summed E-state index contributed by atoms with van der Waals surface area (Å²) >= 11 is 0. The zero-order valence-electron chi connectivity index (χ0n) is 17.4. The maximum atomic E-state index is 6.17. The molecule has 0 aliphatic heterocycles. The Hall–Kier alpha value is -3.34. The van der Waals surface area contributed by atoms with Crippen LogP contribution in [-0.2, 0) is 0 Å². The Morgan fingerprint density at radius 1 is 0.690 bits per heavy atom. The molecule has 4 aromatic rings. The lowest BCUT2D eigenvalue weighted by atomic mass is 10.2. The molecule has 2 aromatic carbocycles. The Labute approximate surface area is 172 Å². The van der Waals surface area contributed by atoms with E-state index in [1.807, 2.05) is 24.3 Å². The quantitative estimate of drug-likeness (QED) is 0.436. The predicted molar refractivity (Wildman–Crippen MR) is 113 cm³/mol. The molecule has 0 radical (unpaired) electrons. The first-order chi connectivity index (χ1) is 14.0. The van der Waals surface area contributed by atoms with E-state index in [-0.39, 0.29) is 0 Å². The summed E-state index contributed by atoms with van der Waals surface area (Å²) in [6.07, 6.45) is 12.5. The number of ether oxygens (including phenoxy) is 1. The molecule has 4 rings (SSSR count). The molecular weight excluding hydrogens is 360 g/mol. The van der Waals surface area contributed by atoms with Crippen molar-refractivity contribution in [3.63, 3.8) is 0 Å². The molecule has 2 aromatic heterocycles. The van der Waals surface area contributed by atoms with Gasteiger partial charge < -0.3 is 4.74 Å². The second-order valence-electron chi connectivity index (χ2n) is 7.82. The molecule has 0 aliphatic rings. The molecule has 0 saturated carbocycles. The molecule has 0 fully saturated rings. The lowest BCUT2D eigenvalue weighted by molar-refractivity contribution is -0.715. The predicted octanol–water partition coefficient (Wildman–Crippen LogP) is 4.80. The van der Waals surface area contributed by atoms with E-state index in [9.17, 15) is 0 Å². The van der Waals surface area contributed by atoms with Crippen LogP contribution in [0.4, 0.5) is 0 Å². The molecule has 29 heavy (non-hydrogen) atoms. The number of rotatable bonds is 6. The van der Waals surface area contributed by atoms with E-state index < -0.39 is 0 Å². The minimum absolute atomic E-state index is 0.432. The second-order valence-corrected chi connectivity index (χ2v) is 7.82. The van der Waals surface area contributed by atoms with Gasteiger partial charge in [-0.25, -0.2) is 18.3 Å². The summed E-state index contributed by atoms with van der Waals surface area (Å²) in [5.74, 6) is 1.63. The van der Waals surface area contributed by atoms with Crippen LogP contribution in [0.2, 0.25) is 0 Å². The van der Waals surface area contributed by atoms with Crippen LogP contribution in [0.3, 0.4) is 0 Å². The molecule has 0 N–H and O–H groups in total. The maximum Gasteiger partial charge on any atom is 0.249 e. The van der Waals surface area contributed by atoms with Gasteiger partial charge in [0.15, 0.2) is 0 Å². The van der Waals surface area contributed by atoms with Crippen LogP contribution in [-0.4, -0.2) is 9.13 Å². The van der Waals surface area contributed by atoms with E-state index in [0.717, 1.165) is 22.9 Å². The van der Waals surface area contributed by atoms with Gasteiger partial charge in [-0.1, -0.05) is 12.1 Å². The van der Waals surface area contributed by atoms with Crippen molar-refractivity contribution in [3.8, 4) is 22.9 Å². The Kier molecular flexibility index (Phi) is 5.21. The minimum atomic E-state index is 0.432. The van der Waals surface area contributed by atoms with Crippen molar-refractivity contribution in [1.29, 1.82) is 0 Å². The normalized spacial score (nSPS) is 11.4. The van der Waals surface area contributed by atoms with E-state index in [0.29, 0.717) is 12.1 Å². The fraction of sp³-hybridized carbons (Fsp3) is 0.250. The topological polar surface area (TPSA) is 26.8 Å². The summed E-state index contributed by atoms with van der Waals surface area (Å²) < 4.78 is 14.7. The lowest BCUT2D eigenvalue weighted by Gasteiger charge is -2.07. The zero-order valence-corrected chi connectivity index (χ0v) is 17.4. The van der Waals surface area contributed by atoms with Crippen LogP contribution in [0.15, 0.2) is 86.0 Å². The van der Waals surface area contributed by atoms with Gasteiger partial charge in [0.2, 0.25) is 12.7 Å². The molecule has 0 bridgehead atoms. The van der Waals surface area contributed by atoms with Gasteiger partial charge >= 0.3 is 0 Å². The van der Waals surface area contributed by atoms with Crippen LogP contribution in [0, 0.1) is 0 Å². The number of benzene rings is 2. The standard InChI is InChI=1S/C24H28N4O/c1-19(2)25-11-13-27(17-25)21-7-5-9-23(15-21)29-24-10-6-8-22(16-24)28-14-12-26(18-28)20(3)4/h5-20H,1-4H3/q+2. The van der Waals surface area contributed by atoms with Crippen molar-refractivity contribution in [2.75, 3.05) is 0 Å². The molecule has 0 amide bonds. The van der Waals surface area contributed by atoms with Gasteiger partial charge in [0.1, 0.15) is 47.7 Å². The third-order valence-corrected chi connectivity index (χ3v) is 4.97. The Balaban J connectivity index is 1.56. The molecule has 0 aliphatic carbocycles. The van der Waals surface area contributed by atoms with E-state index in [1.54, 1.807) is 0 Å². The van der Waals surface area contributed by atoms with Crippen molar-refractivity contribution in [1.82, 2.24) is 9.13 Å². The van der Waals surface area contributed by atoms with Gasteiger partial charge in [0, 0.05) is 12.1 Å². The average molecular weight is 389 g/mol. The summed E-state index contributed by atoms with van der Waals surface area (Å²) in [4.78, 5) is 0. The zero-order chi connectivity index (χ0) is 20.4. The van der Waals surface area contributed by atoms with Crippen molar-refractivity contribution >= 4 is 0 Å². The number of imidazole rings is 2. The highest BCUT2D eigenvalue weighted by molar-refractivity contribution is 5.44. The van der Waals surface area contributed by atoms with Crippen LogP contribution >= 0.6 is 0 Å². The summed E-state index contributed by atoms with van der Waals surface area (Å²) in [5.41, 5.74) is 2.14. The maximum absolute atomic E-state index is 6.17. The van der Waals surface area contributed by atoms with Gasteiger partial charge in [0.05, 0.1) is 12.1 Å². The van der Waals surface area contributed by atoms with E-state index >= 15 is 0 Å². The smallest absolute Gasteiger partial charge is 0.249 e. The van der Waals surface area contributed by atoms with Crippen molar-refractivity contribution < 1.29 is 13.9 Å². The first kappa shape index (κ1) is 19.0. The fourth-order valence-electron chi connectivity index (χ4n) is 3.21. The van der Waals surface area contributed by atoms with Crippen LogP contribution in [0.1, 0.15) is 39.8 Å².